The maximum atomic E-state index is 5.53. The van der Waals surface area contributed by atoms with E-state index in [2.05, 4.69) is 59.3 Å². The molecule has 126 valence electrons. The Morgan fingerprint density at radius 2 is 2.04 bits per heavy atom. The van der Waals surface area contributed by atoms with Crippen LogP contribution >= 0.6 is 0 Å². The van der Waals surface area contributed by atoms with E-state index < -0.39 is 0 Å². The Bertz CT molecular complexity index is 675. The molecule has 1 aliphatic heterocycles. The average Bonchev–Trinajstić information content (AvgIpc) is 2.63. The van der Waals surface area contributed by atoms with Gasteiger partial charge in [0.05, 0.1) is 6.54 Å². The van der Waals surface area contributed by atoms with Gasteiger partial charge in [-0.25, -0.2) is 0 Å². The summed E-state index contributed by atoms with van der Waals surface area (Å²) in [6.07, 6.45) is 15.7. The molecular weight excluding hydrogens is 294 g/mol. The van der Waals surface area contributed by atoms with Gasteiger partial charge in [0.25, 0.3) is 0 Å². The van der Waals surface area contributed by atoms with Crippen LogP contribution < -0.4 is 10.2 Å². The van der Waals surface area contributed by atoms with Crippen LogP contribution in [-0.4, -0.2) is 25.0 Å². The van der Waals surface area contributed by atoms with Crippen LogP contribution in [0.3, 0.4) is 0 Å². The van der Waals surface area contributed by atoms with E-state index in [4.69, 9.17) is 6.42 Å². The number of rotatable bonds is 4. The molecule has 1 aliphatic carbocycles. The van der Waals surface area contributed by atoms with E-state index in [0.29, 0.717) is 6.04 Å². The third-order valence-electron chi connectivity index (χ3n) is 5.02. The highest BCUT2D eigenvalue weighted by Crippen LogP contribution is 2.31. The summed E-state index contributed by atoms with van der Waals surface area (Å²) >= 11 is 0. The fraction of sp³-hybridized carbons (Fsp3) is 0.476. The molecular formula is C21H27N3. The zero-order valence-electron chi connectivity index (χ0n) is 14.8. The number of allylic oxidation sites excluding steroid dienone is 1. The van der Waals surface area contributed by atoms with Gasteiger partial charge in [-0.05, 0) is 50.0 Å². The Labute approximate surface area is 145 Å². The highest BCUT2D eigenvalue weighted by Gasteiger charge is 2.24. The van der Waals surface area contributed by atoms with Crippen molar-refractivity contribution in [2.24, 2.45) is 4.99 Å². The molecule has 0 aromatic heterocycles. The number of anilines is 1. The number of nitrogens with zero attached hydrogens (tertiary/aromatic N) is 2. The zero-order chi connectivity index (χ0) is 16.9. The van der Waals surface area contributed by atoms with Gasteiger partial charge in [-0.3, -0.25) is 4.99 Å². The first-order valence-electron chi connectivity index (χ1n) is 8.96. The van der Waals surface area contributed by atoms with Gasteiger partial charge >= 0.3 is 0 Å². The number of hydrogen-bond acceptors (Lipinski definition) is 3. The van der Waals surface area contributed by atoms with Crippen LogP contribution in [0.2, 0.25) is 0 Å². The first-order valence-corrected chi connectivity index (χ1v) is 8.96. The summed E-state index contributed by atoms with van der Waals surface area (Å²) in [6, 6.07) is 7.34. The molecule has 1 atom stereocenters. The van der Waals surface area contributed by atoms with Gasteiger partial charge in [-0.2, -0.15) is 0 Å². The van der Waals surface area contributed by atoms with Gasteiger partial charge in [0.15, 0.2) is 6.17 Å². The minimum atomic E-state index is -0.239. The normalized spacial score (nSPS) is 20.9. The number of terminal acetylenes is 1. The van der Waals surface area contributed by atoms with E-state index in [1.807, 2.05) is 6.21 Å². The minimum Gasteiger partial charge on any atom is -0.363 e. The fourth-order valence-electron chi connectivity index (χ4n) is 3.68. The van der Waals surface area contributed by atoms with Gasteiger partial charge < -0.3 is 10.2 Å². The lowest BCUT2D eigenvalue weighted by Gasteiger charge is -2.38. The Kier molecular flexibility index (Phi) is 5.25. The molecule has 2 aliphatic rings. The van der Waals surface area contributed by atoms with Crippen molar-refractivity contribution in [3.63, 3.8) is 0 Å². The second kappa shape index (κ2) is 7.57. The second-order valence-corrected chi connectivity index (χ2v) is 6.91. The molecule has 0 spiro atoms. The Morgan fingerprint density at radius 1 is 1.25 bits per heavy atom. The van der Waals surface area contributed by atoms with Crippen molar-refractivity contribution < 1.29 is 0 Å². The second-order valence-electron chi connectivity index (χ2n) is 6.91. The lowest BCUT2D eigenvalue weighted by atomic mass is 9.93. The predicted molar refractivity (Wildman–Crippen MR) is 102 cm³/mol. The summed E-state index contributed by atoms with van der Waals surface area (Å²) in [5.41, 5.74) is 5.15. The van der Waals surface area contributed by atoms with Gasteiger partial charge in [0, 0.05) is 23.6 Å². The maximum Gasteiger partial charge on any atom is 0.181 e. The molecule has 1 aromatic carbocycles. The fourth-order valence-corrected chi connectivity index (χ4v) is 3.68. The molecule has 1 N–H and O–H groups in total. The predicted octanol–water partition coefficient (Wildman–Crippen LogP) is 3.96. The molecule has 1 fully saturated rings. The summed E-state index contributed by atoms with van der Waals surface area (Å²) in [4.78, 5) is 6.83. The van der Waals surface area contributed by atoms with Crippen molar-refractivity contribution in [3.8, 4) is 12.3 Å². The molecule has 1 heterocycles. The van der Waals surface area contributed by atoms with E-state index in [0.717, 1.165) is 12.2 Å². The van der Waals surface area contributed by atoms with Crippen molar-refractivity contribution in [3.05, 3.63) is 41.1 Å². The molecule has 1 saturated carbocycles. The third kappa shape index (κ3) is 3.82. The van der Waals surface area contributed by atoms with Crippen molar-refractivity contribution in [1.82, 2.24) is 5.32 Å². The SMILES string of the molecule is C#CC1N=CC=C(CN(c2cc(C)ccc2C)C2CCCCC2)N1. The van der Waals surface area contributed by atoms with Gasteiger partial charge in [-0.15, -0.1) is 6.42 Å². The van der Waals surface area contributed by atoms with E-state index in [1.165, 1.54) is 48.9 Å². The summed E-state index contributed by atoms with van der Waals surface area (Å²) in [6.45, 7) is 5.24. The summed E-state index contributed by atoms with van der Waals surface area (Å²) in [7, 11) is 0. The van der Waals surface area contributed by atoms with Crippen LogP contribution in [0.4, 0.5) is 5.69 Å². The lowest BCUT2D eigenvalue weighted by Crippen LogP contribution is -2.42. The smallest absolute Gasteiger partial charge is 0.181 e. The van der Waals surface area contributed by atoms with Crippen LogP contribution in [0.15, 0.2) is 35.0 Å². The van der Waals surface area contributed by atoms with E-state index in [1.54, 1.807) is 0 Å². The third-order valence-corrected chi connectivity index (χ3v) is 5.02. The molecule has 0 bridgehead atoms. The van der Waals surface area contributed by atoms with Crippen molar-refractivity contribution in [1.29, 1.82) is 0 Å². The van der Waals surface area contributed by atoms with Crippen molar-refractivity contribution >= 4 is 11.9 Å². The van der Waals surface area contributed by atoms with Crippen LogP contribution in [0.1, 0.15) is 43.2 Å². The molecule has 1 unspecified atom stereocenters. The molecule has 0 amide bonds. The number of aryl methyl sites for hydroxylation is 2. The molecule has 1 aromatic rings. The Hall–Kier alpha value is -2.21. The zero-order valence-corrected chi connectivity index (χ0v) is 14.8. The highest BCUT2D eigenvalue weighted by atomic mass is 15.2. The molecule has 0 saturated heterocycles. The minimum absolute atomic E-state index is 0.239. The molecule has 3 rings (SSSR count). The largest absolute Gasteiger partial charge is 0.363 e. The average molecular weight is 321 g/mol. The van der Waals surface area contributed by atoms with Gasteiger partial charge in [0.2, 0.25) is 0 Å². The Morgan fingerprint density at radius 3 is 2.79 bits per heavy atom. The van der Waals surface area contributed by atoms with Crippen LogP contribution in [0.5, 0.6) is 0 Å². The van der Waals surface area contributed by atoms with Crippen molar-refractivity contribution in [2.75, 3.05) is 11.4 Å². The summed E-state index contributed by atoms with van der Waals surface area (Å²) in [5, 5.41) is 3.36. The molecule has 24 heavy (non-hydrogen) atoms. The van der Waals surface area contributed by atoms with Crippen LogP contribution in [-0.2, 0) is 0 Å². The van der Waals surface area contributed by atoms with E-state index >= 15 is 0 Å². The standard InChI is InChI=1S/C21H27N3/c1-4-21-22-13-12-18(23-21)15-24(19-8-6-5-7-9-19)20-14-16(2)10-11-17(20)3/h1,10-14,19,21,23H,5-9,15H2,2-3H3. The van der Waals surface area contributed by atoms with Gasteiger partial charge in [0.1, 0.15) is 0 Å². The first kappa shape index (κ1) is 16.6. The van der Waals surface area contributed by atoms with Crippen LogP contribution in [0, 0.1) is 26.2 Å². The monoisotopic (exact) mass is 321 g/mol. The van der Waals surface area contributed by atoms with Crippen LogP contribution in [0.25, 0.3) is 0 Å². The number of aliphatic imine (C=N–C) groups is 1. The Balaban J connectivity index is 1.88. The first-order chi connectivity index (χ1) is 11.7. The number of nitrogens with one attached hydrogen (secondary N) is 1. The van der Waals surface area contributed by atoms with Crippen molar-refractivity contribution in [2.45, 2.75) is 58.2 Å². The molecule has 3 nitrogen and oxygen atoms in total. The lowest BCUT2D eigenvalue weighted by molar-refractivity contribution is 0.417. The molecule has 0 radical (unpaired) electrons. The van der Waals surface area contributed by atoms with E-state index in [9.17, 15) is 0 Å². The maximum absolute atomic E-state index is 5.53. The number of benzene rings is 1. The van der Waals surface area contributed by atoms with E-state index in [-0.39, 0.29) is 6.17 Å². The summed E-state index contributed by atoms with van der Waals surface area (Å²) in [5.74, 6) is 2.68. The topological polar surface area (TPSA) is 27.6 Å². The summed E-state index contributed by atoms with van der Waals surface area (Å²) < 4.78 is 0. The number of hydrogen-bond donors (Lipinski definition) is 1. The quantitative estimate of drug-likeness (QED) is 0.850. The highest BCUT2D eigenvalue weighted by molar-refractivity contribution is 5.74. The molecule has 3 heteroatoms. The van der Waals surface area contributed by atoms with Gasteiger partial charge in [-0.1, -0.05) is 37.3 Å².